The van der Waals surface area contributed by atoms with E-state index in [0.717, 1.165) is 5.56 Å². The van der Waals surface area contributed by atoms with Crippen molar-refractivity contribution in [2.24, 2.45) is 0 Å². The third-order valence-corrected chi connectivity index (χ3v) is 1.80. The van der Waals surface area contributed by atoms with Crippen LogP contribution in [0.3, 0.4) is 0 Å². The first-order valence-corrected chi connectivity index (χ1v) is 3.40. The van der Waals surface area contributed by atoms with Crippen molar-refractivity contribution in [3.05, 3.63) is 23.8 Å². The van der Waals surface area contributed by atoms with Gasteiger partial charge in [0.2, 0.25) is 0 Å². The molecule has 2 bridgehead atoms. The molecular weight excluding hydrogens is 143 g/mol. The van der Waals surface area contributed by atoms with Gasteiger partial charge in [0.05, 0.1) is 0 Å². The minimum absolute atomic E-state index is 0.454. The van der Waals surface area contributed by atoms with Gasteiger partial charge >= 0.3 is 7.12 Å². The molecule has 1 heterocycles. The van der Waals surface area contributed by atoms with Crippen molar-refractivity contribution in [1.82, 2.24) is 0 Å². The van der Waals surface area contributed by atoms with Gasteiger partial charge in [0.25, 0.3) is 0 Å². The molecule has 0 atom stereocenters. The van der Waals surface area contributed by atoms with E-state index in [9.17, 15) is 0 Å². The van der Waals surface area contributed by atoms with E-state index in [2.05, 4.69) is 0 Å². The Morgan fingerprint density at radius 2 is 2.18 bits per heavy atom. The minimum atomic E-state index is -1.41. The summed E-state index contributed by atoms with van der Waals surface area (Å²) in [5.41, 5.74) is 1.37. The van der Waals surface area contributed by atoms with Gasteiger partial charge in [0, 0.05) is 5.46 Å². The van der Waals surface area contributed by atoms with E-state index < -0.39 is 7.12 Å². The molecule has 1 aromatic rings. The second-order valence-corrected chi connectivity index (χ2v) is 2.49. The summed E-state index contributed by atoms with van der Waals surface area (Å²) in [6.07, 6.45) is 0. The van der Waals surface area contributed by atoms with Gasteiger partial charge in [0.1, 0.15) is 12.4 Å². The third-order valence-electron chi connectivity index (χ3n) is 1.80. The molecule has 2 N–H and O–H groups in total. The monoisotopic (exact) mass is 150 g/mol. The van der Waals surface area contributed by atoms with Crippen LogP contribution < -0.4 is 10.2 Å². The molecule has 11 heavy (non-hydrogen) atoms. The molecule has 0 saturated heterocycles. The highest BCUT2D eigenvalue weighted by atomic mass is 16.5. The highest BCUT2D eigenvalue weighted by Crippen LogP contribution is 2.19. The van der Waals surface area contributed by atoms with Gasteiger partial charge < -0.3 is 14.8 Å². The van der Waals surface area contributed by atoms with Gasteiger partial charge in [-0.1, -0.05) is 12.1 Å². The van der Waals surface area contributed by atoms with Crippen molar-refractivity contribution in [2.45, 2.75) is 6.61 Å². The number of fused-ring (bicyclic) bond motifs is 2. The quantitative estimate of drug-likeness (QED) is 0.518. The van der Waals surface area contributed by atoms with Crippen molar-refractivity contribution in [3.8, 4) is 5.75 Å². The lowest BCUT2D eigenvalue weighted by molar-refractivity contribution is 0.328. The van der Waals surface area contributed by atoms with E-state index in [1.54, 1.807) is 6.07 Å². The van der Waals surface area contributed by atoms with Crippen molar-refractivity contribution in [2.75, 3.05) is 0 Å². The average Bonchev–Trinajstić information content (AvgIpc) is 2.23. The maximum Gasteiger partial charge on any atom is 0.492 e. The minimum Gasteiger partial charge on any atom is -0.489 e. The van der Waals surface area contributed by atoms with Gasteiger partial charge in [-0.3, -0.25) is 0 Å². The fraction of sp³-hybridized carbons (Fsp3) is 0.143. The summed E-state index contributed by atoms with van der Waals surface area (Å²) in [5.74, 6) is 0.581. The van der Waals surface area contributed by atoms with E-state index in [-0.39, 0.29) is 0 Å². The summed E-state index contributed by atoms with van der Waals surface area (Å²) >= 11 is 0. The zero-order valence-corrected chi connectivity index (χ0v) is 5.82. The second-order valence-electron chi connectivity index (χ2n) is 2.49. The van der Waals surface area contributed by atoms with Gasteiger partial charge in [-0.2, -0.15) is 0 Å². The molecule has 0 unspecified atom stereocenters. The molecule has 0 aliphatic carbocycles. The Morgan fingerprint density at radius 1 is 1.36 bits per heavy atom. The SMILES string of the molecule is OB(O)c1c2cccc1OC2. The van der Waals surface area contributed by atoms with E-state index in [0.29, 0.717) is 17.8 Å². The molecule has 1 aromatic carbocycles. The zero-order chi connectivity index (χ0) is 7.84. The van der Waals surface area contributed by atoms with Crippen molar-refractivity contribution < 1.29 is 14.8 Å². The molecule has 56 valence electrons. The summed E-state index contributed by atoms with van der Waals surface area (Å²) in [6, 6.07) is 5.39. The van der Waals surface area contributed by atoms with Crippen molar-refractivity contribution in [1.29, 1.82) is 0 Å². The van der Waals surface area contributed by atoms with Crippen LogP contribution in [0.1, 0.15) is 5.56 Å². The molecule has 1 aliphatic rings. The van der Waals surface area contributed by atoms with Crippen LogP contribution in [0.2, 0.25) is 0 Å². The lowest BCUT2D eigenvalue weighted by atomic mass is 9.77. The molecule has 3 nitrogen and oxygen atoms in total. The van der Waals surface area contributed by atoms with Crippen LogP contribution >= 0.6 is 0 Å². The summed E-state index contributed by atoms with van der Waals surface area (Å²) in [4.78, 5) is 0. The Bertz CT molecular complexity index is 263. The van der Waals surface area contributed by atoms with Crippen LogP contribution in [0, 0.1) is 0 Å². The first-order chi connectivity index (χ1) is 5.29. The third kappa shape index (κ3) is 0.913. The van der Waals surface area contributed by atoms with E-state index in [4.69, 9.17) is 14.8 Å². The van der Waals surface area contributed by atoms with E-state index in [1.165, 1.54) is 0 Å². The normalized spacial score (nSPS) is 12.9. The second kappa shape index (κ2) is 2.25. The summed E-state index contributed by atoms with van der Waals surface area (Å²) in [6.45, 7) is 0.454. The highest BCUT2D eigenvalue weighted by molar-refractivity contribution is 6.60. The molecule has 0 aromatic heterocycles. The molecule has 1 aliphatic heterocycles. The van der Waals surface area contributed by atoms with Gasteiger partial charge in [-0.15, -0.1) is 0 Å². The predicted octanol–water partition coefficient (Wildman–Crippen LogP) is -0.741. The van der Waals surface area contributed by atoms with Crippen LogP contribution in [0.4, 0.5) is 0 Å². The smallest absolute Gasteiger partial charge is 0.489 e. The average molecular weight is 150 g/mol. The fourth-order valence-electron chi connectivity index (χ4n) is 1.29. The Labute approximate surface area is 64.4 Å². The largest absolute Gasteiger partial charge is 0.492 e. The van der Waals surface area contributed by atoms with Crippen molar-refractivity contribution >= 4 is 12.6 Å². The van der Waals surface area contributed by atoms with Crippen LogP contribution in [0.15, 0.2) is 18.2 Å². The molecule has 0 saturated carbocycles. The maximum absolute atomic E-state index is 8.90. The number of benzene rings is 1. The summed E-state index contributed by atoms with van der Waals surface area (Å²) in [7, 11) is -1.41. The Kier molecular flexibility index (Phi) is 1.37. The number of hydrogen-bond acceptors (Lipinski definition) is 3. The van der Waals surface area contributed by atoms with E-state index in [1.807, 2.05) is 12.1 Å². The standard InChI is InChI=1S/C7H7BO3/c9-8(10)7-5-2-1-3-6(7)11-4-5/h1-3,9-10H,4H2. The molecule has 0 fully saturated rings. The maximum atomic E-state index is 8.90. The summed E-state index contributed by atoms with van der Waals surface area (Å²) in [5, 5.41) is 17.8. The Balaban J connectivity index is 2.56. The molecule has 2 rings (SSSR count). The zero-order valence-electron chi connectivity index (χ0n) is 5.82. The molecule has 4 heteroatoms. The van der Waals surface area contributed by atoms with Crippen LogP contribution in [0.25, 0.3) is 0 Å². The number of ether oxygens (including phenoxy) is 1. The first-order valence-electron chi connectivity index (χ1n) is 3.40. The van der Waals surface area contributed by atoms with Crippen LogP contribution in [-0.4, -0.2) is 17.2 Å². The topological polar surface area (TPSA) is 49.7 Å². The highest BCUT2D eigenvalue weighted by Gasteiger charge is 2.25. The van der Waals surface area contributed by atoms with Gasteiger partial charge in [-0.25, -0.2) is 0 Å². The number of hydrogen-bond donors (Lipinski definition) is 2. The fourth-order valence-corrected chi connectivity index (χ4v) is 1.29. The summed E-state index contributed by atoms with van der Waals surface area (Å²) < 4.78 is 5.16. The Hall–Kier alpha value is -0.995. The molecule has 0 amide bonds. The van der Waals surface area contributed by atoms with Crippen molar-refractivity contribution in [3.63, 3.8) is 0 Å². The lowest BCUT2D eigenvalue weighted by Gasteiger charge is -1.99. The van der Waals surface area contributed by atoms with E-state index >= 15 is 0 Å². The van der Waals surface area contributed by atoms with Gasteiger partial charge in [-0.05, 0) is 11.6 Å². The molecule has 0 spiro atoms. The lowest BCUT2D eigenvalue weighted by Crippen LogP contribution is -2.30. The Morgan fingerprint density at radius 3 is 2.73 bits per heavy atom. The van der Waals surface area contributed by atoms with Crippen LogP contribution in [0.5, 0.6) is 5.75 Å². The predicted molar refractivity (Wildman–Crippen MR) is 40.6 cm³/mol. The first kappa shape index (κ1) is 6.70. The number of rotatable bonds is 1. The van der Waals surface area contributed by atoms with Gasteiger partial charge in [0.15, 0.2) is 0 Å². The molecular formula is C7H7BO3. The molecule has 0 radical (unpaired) electrons. The van der Waals surface area contributed by atoms with Crippen LogP contribution in [-0.2, 0) is 6.61 Å².